The summed E-state index contributed by atoms with van der Waals surface area (Å²) in [6.45, 7) is 1.83. The summed E-state index contributed by atoms with van der Waals surface area (Å²) in [5, 5.41) is 8.14. The molecule has 0 radical (unpaired) electrons. The second kappa shape index (κ2) is 14.0. The molecule has 0 bridgehead atoms. The molecule has 0 aliphatic rings. The van der Waals surface area contributed by atoms with Crippen molar-refractivity contribution >= 4 is 52.6 Å². The molecule has 3 aromatic carbocycles. The minimum absolute atomic E-state index is 0.108. The van der Waals surface area contributed by atoms with Gasteiger partial charge in [-0.1, -0.05) is 30.3 Å². The van der Waals surface area contributed by atoms with Gasteiger partial charge in [-0.05, 0) is 79.2 Å². The van der Waals surface area contributed by atoms with Gasteiger partial charge in [0.25, 0.3) is 11.8 Å². The van der Waals surface area contributed by atoms with E-state index in [9.17, 15) is 14.4 Å². The second-order valence-corrected chi connectivity index (χ2v) is 10.7. The van der Waals surface area contributed by atoms with Crippen LogP contribution in [0.5, 0.6) is 0 Å². The van der Waals surface area contributed by atoms with E-state index in [1.54, 1.807) is 67.0 Å². The number of nitrogens with one attached hydrogen (secondary N) is 3. The Balaban J connectivity index is 1.45. The molecule has 0 spiro atoms. The van der Waals surface area contributed by atoms with Crippen LogP contribution >= 0.6 is 11.8 Å². The summed E-state index contributed by atoms with van der Waals surface area (Å²) in [4.78, 5) is 45.6. The Morgan fingerprint density at radius 1 is 0.805 bits per heavy atom. The number of hydrogen-bond acceptors (Lipinski definition) is 6. The quantitative estimate of drug-likeness (QED) is 0.169. The molecule has 0 saturated heterocycles. The highest BCUT2D eigenvalue weighted by molar-refractivity contribution is 8.00. The van der Waals surface area contributed by atoms with Crippen molar-refractivity contribution in [3.05, 3.63) is 120 Å². The number of nitrogens with zero attached hydrogens (tertiary/aromatic N) is 2. The minimum atomic E-state index is -0.462. The molecule has 1 atom stereocenters. The van der Waals surface area contributed by atoms with Crippen LogP contribution in [0.3, 0.4) is 0 Å². The van der Waals surface area contributed by atoms with Crippen LogP contribution in [0.4, 0.5) is 17.1 Å². The number of carbonyl (C=O) groups excluding carboxylic acids is 3. The summed E-state index contributed by atoms with van der Waals surface area (Å²) < 4.78 is 0. The molecule has 1 aromatic heterocycles. The van der Waals surface area contributed by atoms with E-state index < -0.39 is 5.91 Å². The molecule has 3 N–H and O–H groups in total. The number of aromatic nitrogens is 1. The van der Waals surface area contributed by atoms with E-state index in [0.717, 1.165) is 16.1 Å². The maximum absolute atomic E-state index is 13.3. The fourth-order valence-corrected chi connectivity index (χ4v) is 4.60. The number of rotatable bonds is 10. The first kappa shape index (κ1) is 29.1. The minimum Gasteiger partial charge on any atom is -0.378 e. The number of hydrogen-bond donors (Lipinski definition) is 3. The standard InChI is InChI=1S/C32H31N5O3S/c1-22(30(38)34-26-17-19-33-20-18-26)41-28-15-11-25(12-16-28)35-32(40)29(36-31(39)24-7-5-4-6-8-24)21-23-9-13-27(14-10-23)37(2)3/h4-22H,1-3H3,(H,35,40)(H,36,39)(H,33,34,38)/b29-21-. The molecule has 4 aromatic rings. The Labute approximate surface area is 243 Å². The van der Waals surface area contributed by atoms with Crippen molar-refractivity contribution in [1.29, 1.82) is 0 Å². The molecule has 0 aliphatic carbocycles. The third-order valence-corrected chi connectivity index (χ3v) is 7.10. The zero-order valence-electron chi connectivity index (χ0n) is 23.0. The lowest BCUT2D eigenvalue weighted by Crippen LogP contribution is -2.30. The van der Waals surface area contributed by atoms with E-state index in [4.69, 9.17) is 0 Å². The average Bonchev–Trinajstić information content (AvgIpc) is 2.99. The summed E-state index contributed by atoms with van der Waals surface area (Å²) in [6.07, 6.45) is 4.88. The maximum Gasteiger partial charge on any atom is 0.272 e. The van der Waals surface area contributed by atoms with E-state index in [1.807, 2.05) is 68.4 Å². The summed E-state index contributed by atoms with van der Waals surface area (Å²) in [5.41, 5.74) is 3.57. The molecule has 1 heterocycles. The predicted molar refractivity (Wildman–Crippen MR) is 166 cm³/mol. The van der Waals surface area contributed by atoms with Crippen LogP contribution < -0.4 is 20.9 Å². The fourth-order valence-electron chi connectivity index (χ4n) is 3.73. The molecular weight excluding hydrogens is 534 g/mol. The first-order chi connectivity index (χ1) is 19.8. The third-order valence-electron chi connectivity index (χ3n) is 5.99. The summed E-state index contributed by atoms with van der Waals surface area (Å²) in [7, 11) is 3.90. The third kappa shape index (κ3) is 8.55. The van der Waals surface area contributed by atoms with Crippen molar-refractivity contribution in [3.8, 4) is 0 Å². The largest absolute Gasteiger partial charge is 0.378 e. The highest BCUT2D eigenvalue weighted by Crippen LogP contribution is 2.26. The van der Waals surface area contributed by atoms with Crippen molar-refractivity contribution < 1.29 is 14.4 Å². The van der Waals surface area contributed by atoms with E-state index in [0.29, 0.717) is 16.9 Å². The van der Waals surface area contributed by atoms with Crippen LogP contribution in [0, 0.1) is 0 Å². The van der Waals surface area contributed by atoms with Crippen LogP contribution in [-0.2, 0) is 9.59 Å². The van der Waals surface area contributed by atoms with Gasteiger partial charge in [-0.3, -0.25) is 19.4 Å². The van der Waals surface area contributed by atoms with E-state index in [2.05, 4.69) is 20.9 Å². The summed E-state index contributed by atoms with van der Waals surface area (Å²) in [6, 6.07) is 27.0. The van der Waals surface area contributed by atoms with Crippen LogP contribution in [0.15, 0.2) is 114 Å². The lowest BCUT2D eigenvalue weighted by Gasteiger charge is -2.14. The van der Waals surface area contributed by atoms with Gasteiger partial charge in [-0.2, -0.15) is 0 Å². The number of amides is 3. The van der Waals surface area contributed by atoms with Crippen molar-refractivity contribution in [1.82, 2.24) is 10.3 Å². The summed E-state index contributed by atoms with van der Waals surface area (Å²) in [5.74, 6) is -0.972. The van der Waals surface area contributed by atoms with E-state index in [1.165, 1.54) is 11.8 Å². The Morgan fingerprint density at radius 2 is 1.44 bits per heavy atom. The van der Waals surface area contributed by atoms with Crippen molar-refractivity contribution in [3.63, 3.8) is 0 Å². The highest BCUT2D eigenvalue weighted by Gasteiger charge is 2.17. The fraction of sp³-hybridized carbons (Fsp3) is 0.125. The Kier molecular flexibility index (Phi) is 9.90. The number of carbonyl (C=O) groups is 3. The monoisotopic (exact) mass is 565 g/mol. The Hall–Kier alpha value is -4.89. The predicted octanol–water partition coefficient (Wildman–Crippen LogP) is 5.68. The smallest absolute Gasteiger partial charge is 0.272 e. The summed E-state index contributed by atoms with van der Waals surface area (Å²) >= 11 is 1.40. The molecular formula is C32H31N5O3S. The highest BCUT2D eigenvalue weighted by atomic mass is 32.2. The second-order valence-electron chi connectivity index (χ2n) is 9.33. The Morgan fingerprint density at radius 3 is 2.07 bits per heavy atom. The number of anilines is 3. The maximum atomic E-state index is 13.3. The van der Waals surface area contributed by atoms with Gasteiger partial charge in [0.2, 0.25) is 5.91 Å². The molecule has 208 valence electrons. The van der Waals surface area contributed by atoms with Gasteiger partial charge in [0, 0.05) is 54.0 Å². The topological polar surface area (TPSA) is 103 Å². The lowest BCUT2D eigenvalue weighted by atomic mass is 10.1. The van der Waals surface area contributed by atoms with Gasteiger partial charge in [0.15, 0.2) is 0 Å². The lowest BCUT2D eigenvalue weighted by molar-refractivity contribution is -0.115. The molecule has 0 saturated carbocycles. The van der Waals surface area contributed by atoms with Crippen LogP contribution in [-0.4, -0.2) is 42.1 Å². The van der Waals surface area contributed by atoms with E-state index in [-0.39, 0.29) is 22.8 Å². The van der Waals surface area contributed by atoms with Gasteiger partial charge in [-0.25, -0.2) is 0 Å². The SMILES string of the molecule is CC(Sc1ccc(NC(=O)/C(=C/c2ccc(N(C)C)cc2)NC(=O)c2ccccc2)cc1)C(=O)Nc1ccncc1. The van der Waals surface area contributed by atoms with Gasteiger partial charge in [-0.15, -0.1) is 11.8 Å². The van der Waals surface area contributed by atoms with Gasteiger partial charge in [0.05, 0.1) is 5.25 Å². The van der Waals surface area contributed by atoms with Crippen molar-refractivity contribution in [2.24, 2.45) is 0 Å². The van der Waals surface area contributed by atoms with Crippen molar-refractivity contribution in [2.45, 2.75) is 17.1 Å². The van der Waals surface area contributed by atoms with Gasteiger partial charge >= 0.3 is 0 Å². The molecule has 9 heteroatoms. The normalized spacial score (nSPS) is 11.7. The van der Waals surface area contributed by atoms with E-state index >= 15 is 0 Å². The van der Waals surface area contributed by atoms with Gasteiger partial charge in [0.1, 0.15) is 5.70 Å². The van der Waals surface area contributed by atoms with Crippen LogP contribution in [0.25, 0.3) is 6.08 Å². The molecule has 0 aliphatic heterocycles. The Bertz CT molecular complexity index is 1510. The average molecular weight is 566 g/mol. The van der Waals surface area contributed by atoms with Crippen molar-refractivity contribution in [2.75, 3.05) is 29.6 Å². The molecule has 0 fully saturated rings. The first-order valence-electron chi connectivity index (χ1n) is 12.9. The zero-order valence-corrected chi connectivity index (χ0v) is 23.8. The van der Waals surface area contributed by atoms with Crippen LogP contribution in [0.1, 0.15) is 22.8 Å². The number of pyridine rings is 1. The molecule has 41 heavy (non-hydrogen) atoms. The first-order valence-corrected chi connectivity index (χ1v) is 13.8. The molecule has 4 rings (SSSR count). The number of benzene rings is 3. The zero-order chi connectivity index (χ0) is 29.2. The van der Waals surface area contributed by atoms with Gasteiger partial charge < -0.3 is 20.9 Å². The number of thioether (sulfide) groups is 1. The molecule has 3 amide bonds. The molecule has 8 nitrogen and oxygen atoms in total. The van der Waals surface area contributed by atoms with Crippen LogP contribution in [0.2, 0.25) is 0 Å². The molecule has 1 unspecified atom stereocenters.